The topological polar surface area (TPSA) is 70.7 Å². The minimum Gasteiger partial charge on any atom is -0.352 e. The maximum Gasteiger partial charge on any atom is 0.233 e. The summed E-state index contributed by atoms with van der Waals surface area (Å²) in [6.45, 7) is 2.03. The van der Waals surface area contributed by atoms with Gasteiger partial charge in [0.2, 0.25) is 5.91 Å². The van der Waals surface area contributed by atoms with Crippen molar-refractivity contribution < 1.29 is 4.79 Å². The van der Waals surface area contributed by atoms with Gasteiger partial charge in [-0.25, -0.2) is 9.97 Å². The maximum atomic E-state index is 12.4. The normalized spacial score (nSPS) is 17.2. The largest absolute Gasteiger partial charge is 0.352 e. The average Bonchev–Trinajstić information content (AvgIpc) is 3.12. The van der Waals surface area contributed by atoms with E-state index in [2.05, 4.69) is 20.3 Å². The Balaban J connectivity index is 1.66. The van der Waals surface area contributed by atoms with Gasteiger partial charge in [0.25, 0.3) is 0 Å². The van der Waals surface area contributed by atoms with Gasteiger partial charge in [-0.05, 0) is 31.4 Å². The molecule has 1 aliphatic carbocycles. The molecule has 112 valence electrons. The van der Waals surface area contributed by atoms with Gasteiger partial charge in [-0.2, -0.15) is 0 Å². The third-order valence-electron chi connectivity index (χ3n) is 3.85. The van der Waals surface area contributed by atoms with Gasteiger partial charge in [0.1, 0.15) is 0 Å². The van der Waals surface area contributed by atoms with Gasteiger partial charge in [-0.1, -0.05) is 31.5 Å². The highest BCUT2D eigenvalue weighted by molar-refractivity contribution is 8.00. The van der Waals surface area contributed by atoms with Crippen LogP contribution in [0.15, 0.2) is 23.5 Å². The van der Waals surface area contributed by atoms with Crippen LogP contribution in [0.4, 0.5) is 0 Å². The molecular formula is C15H20N4OS. The molecule has 5 nitrogen and oxygen atoms in total. The number of amides is 1. The van der Waals surface area contributed by atoms with Crippen LogP contribution in [-0.2, 0) is 4.79 Å². The van der Waals surface area contributed by atoms with Crippen molar-refractivity contribution in [1.29, 1.82) is 0 Å². The zero-order valence-electron chi connectivity index (χ0n) is 12.1. The van der Waals surface area contributed by atoms with Gasteiger partial charge in [0.15, 0.2) is 10.8 Å². The molecule has 21 heavy (non-hydrogen) atoms. The number of carbonyl (C=O) groups is 1. The van der Waals surface area contributed by atoms with Crippen molar-refractivity contribution in [1.82, 2.24) is 20.3 Å². The van der Waals surface area contributed by atoms with Gasteiger partial charge in [-0.15, -0.1) is 0 Å². The van der Waals surface area contributed by atoms with Crippen molar-refractivity contribution in [3.05, 3.63) is 18.3 Å². The van der Waals surface area contributed by atoms with E-state index in [9.17, 15) is 4.79 Å². The molecule has 2 heterocycles. The monoisotopic (exact) mass is 304 g/mol. The lowest BCUT2D eigenvalue weighted by Gasteiger charge is -2.17. The number of hydrogen-bond acceptors (Lipinski definition) is 4. The Morgan fingerprint density at radius 2 is 2.33 bits per heavy atom. The number of rotatable bonds is 5. The summed E-state index contributed by atoms with van der Waals surface area (Å²) in [4.78, 5) is 24.2. The van der Waals surface area contributed by atoms with E-state index in [1.165, 1.54) is 24.6 Å². The van der Waals surface area contributed by atoms with Crippen molar-refractivity contribution in [2.45, 2.75) is 55.5 Å². The Hall–Kier alpha value is -1.56. The molecule has 1 fully saturated rings. The molecular weight excluding hydrogens is 284 g/mol. The van der Waals surface area contributed by atoms with Gasteiger partial charge in [0.05, 0.1) is 10.8 Å². The Morgan fingerprint density at radius 1 is 1.52 bits per heavy atom. The number of carbonyl (C=O) groups excluding carboxylic acids is 1. The molecule has 0 bridgehead atoms. The average molecular weight is 304 g/mol. The van der Waals surface area contributed by atoms with Gasteiger partial charge in [-0.3, -0.25) is 4.79 Å². The Kier molecular flexibility index (Phi) is 4.43. The molecule has 6 heteroatoms. The number of pyridine rings is 1. The standard InChI is InChI=1S/C15H20N4OS/c1-2-12(14(20)17-10-6-3-4-7-10)21-15-18-11-8-5-9-16-13(11)19-15/h5,8-10,12H,2-4,6-7H2,1H3,(H,17,20)(H,16,18,19)/t12-/m1/s1. The Labute approximate surface area is 128 Å². The molecule has 2 aromatic rings. The Bertz CT molecular complexity index is 588. The number of H-pyrrole nitrogens is 1. The van der Waals surface area contributed by atoms with Gasteiger partial charge in [0, 0.05) is 12.2 Å². The molecule has 1 atom stereocenters. The first-order valence-corrected chi connectivity index (χ1v) is 8.42. The number of hydrogen-bond donors (Lipinski definition) is 2. The van der Waals surface area contributed by atoms with Gasteiger partial charge >= 0.3 is 0 Å². The number of fused-ring (bicyclic) bond motifs is 1. The van der Waals surface area contributed by atoms with Crippen LogP contribution in [0.3, 0.4) is 0 Å². The first kappa shape index (κ1) is 14.4. The lowest BCUT2D eigenvalue weighted by Crippen LogP contribution is -2.38. The molecule has 1 saturated carbocycles. The van der Waals surface area contributed by atoms with E-state index in [-0.39, 0.29) is 11.2 Å². The predicted molar refractivity (Wildman–Crippen MR) is 84.2 cm³/mol. The van der Waals surface area contributed by atoms with Crippen molar-refractivity contribution >= 4 is 28.8 Å². The molecule has 1 amide bonds. The number of nitrogens with zero attached hydrogens (tertiary/aromatic N) is 2. The highest BCUT2D eigenvalue weighted by atomic mass is 32.2. The molecule has 0 aliphatic heterocycles. The quantitative estimate of drug-likeness (QED) is 0.833. The van der Waals surface area contributed by atoms with Crippen LogP contribution in [0.1, 0.15) is 39.0 Å². The Morgan fingerprint density at radius 3 is 3.05 bits per heavy atom. The third-order valence-corrected chi connectivity index (χ3v) is 5.10. The summed E-state index contributed by atoms with van der Waals surface area (Å²) in [6.07, 6.45) is 7.19. The first-order chi connectivity index (χ1) is 10.3. The van der Waals surface area contributed by atoms with Crippen molar-refractivity contribution in [2.24, 2.45) is 0 Å². The summed E-state index contributed by atoms with van der Waals surface area (Å²) in [5, 5.41) is 3.82. The predicted octanol–water partition coefficient (Wildman–Crippen LogP) is 2.89. The molecule has 0 saturated heterocycles. The summed E-state index contributed by atoms with van der Waals surface area (Å²) in [7, 11) is 0. The zero-order chi connectivity index (χ0) is 14.7. The van der Waals surface area contributed by atoms with E-state index in [4.69, 9.17) is 0 Å². The van der Waals surface area contributed by atoms with E-state index in [1.54, 1.807) is 6.20 Å². The SMILES string of the molecule is CC[C@@H](Sc1nc2ncccc2[nH]1)C(=O)NC1CCCC1. The second kappa shape index (κ2) is 6.47. The minimum atomic E-state index is -0.105. The summed E-state index contributed by atoms with van der Waals surface area (Å²) >= 11 is 1.49. The number of imidazole rings is 1. The molecule has 0 aromatic carbocycles. The first-order valence-electron chi connectivity index (χ1n) is 7.54. The van der Waals surface area contributed by atoms with Crippen LogP contribution in [0.25, 0.3) is 11.2 Å². The summed E-state index contributed by atoms with van der Waals surface area (Å²) in [5.41, 5.74) is 1.61. The van der Waals surface area contributed by atoms with Crippen LogP contribution in [0, 0.1) is 0 Å². The number of aromatic amines is 1. The van der Waals surface area contributed by atoms with Crippen LogP contribution >= 0.6 is 11.8 Å². The fourth-order valence-corrected chi connectivity index (χ4v) is 3.62. The smallest absolute Gasteiger partial charge is 0.233 e. The second-order valence-electron chi connectivity index (χ2n) is 5.42. The molecule has 2 N–H and O–H groups in total. The van der Waals surface area contributed by atoms with E-state index in [1.807, 2.05) is 19.1 Å². The van der Waals surface area contributed by atoms with Crippen molar-refractivity contribution in [3.63, 3.8) is 0 Å². The molecule has 2 aromatic heterocycles. The third kappa shape index (κ3) is 3.37. The number of nitrogens with one attached hydrogen (secondary N) is 2. The van der Waals surface area contributed by atoms with Gasteiger partial charge < -0.3 is 10.3 Å². The van der Waals surface area contributed by atoms with Crippen LogP contribution in [0.2, 0.25) is 0 Å². The maximum absolute atomic E-state index is 12.4. The molecule has 0 unspecified atom stereocenters. The molecule has 3 rings (SSSR count). The summed E-state index contributed by atoms with van der Waals surface area (Å²) in [5.74, 6) is 0.128. The van der Waals surface area contributed by atoms with E-state index in [0.29, 0.717) is 11.7 Å². The van der Waals surface area contributed by atoms with Crippen molar-refractivity contribution in [3.8, 4) is 0 Å². The molecule has 1 aliphatic rings. The lowest BCUT2D eigenvalue weighted by molar-refractivity contribution is -0.121. The fourth-order valence-electron chi connectivity index (χ4n) is 2.70. The molecule has 0 spiro atoms. The lowest BCUT2D eigenvalue weighted by atomic mass is 10.2. The summed E-state index contributed by atoms with van der Waals surface area (Å²) in [6, 6.07) is 4.18. The zero-order valence-corrected chi connectivity index (χ0v) is 12.9. The van der Waals surface area contributed by atoms with E-state index in [0.717, 1.165) is 29.9 Å². The summed E-state index contributed by atoms with van der Waals surface area (Å²) < 4.78 is 0. The second-order valence-corrected chi connectivity index (χ2v) is 6.61. The van der Waals surface area contributed by atoms with Crippen LogP contribution in [-0.4, -0.2) is 32.2 Å². The number of aromatic nitrogens is 3. The fraction of sp³-hybridized carbons (Fsp3) is 0.533. The highest BCUT2D eigenvalue weighted by Crippen LogP contribution is 2.26. The molecule has 0 radical (unpaired) electrons. The van der Waals surface area contributed by atoms with E-state index < -0.39 is 0 Å². The van der Waals surface area contributed by atoms with Crippen molar-refractivity contribution in [2.75, 3.05) is 0 Å². The number of thioether (sulfide) groups is 1. The minimum absolute atomic E-state index is 0.105. The van der Waals surface area contributed by atoms with E-state index >= 15 is 0 Å². The van der Waals surface area contributed by atoms with Crippen LogP contribution in [0.5, 0.6) is 0 Å². The highest BCUT2D eigenvalue weighted by Gasteiger charge is 2.24. The van der Waals surface area contributed by atoms with Crippen LogP contribution < -0.4 is 5.32 Å².